The number of hydrogen-bond acceptors (Lipinski definition) is 7. The van der Waals surface area contributed by atoms with Gasteiger partial charge in [0.25, 0.3) is 0 Å². The molecule has 1 N–H and O–H groups in total. The van der Waals surface area contributed by atoms with Crippen molar-refractivity contribution in [2.24, 2.45) is 0 Å². The third kappa shape index (κ3) is 24.0. The molecule has 8 nitrogen and oxygen atoms in total. The summed E-state index contributed by atoms with van der Waals surface area (Å²) in [6, 6.07) is 0. The molecule has 0 saturated heterocycles. The van der Waals surface area contributed by atoms with Crippen molar-refractivity contribution in [2.75, 3.05) is 33.5 Å². The van der Waals surface area contributed by atoms with Crippen molar-refractivity contribution >= 4 is 23.6 Å². The van der Waals surface area contributed by atoms with Gasteiger partial charge in [0.2, 0.25) is 5.51 Å². The molecule has 1 heterocycles. The highest BCUT2D eigenvalue weighted by molar-refractivity contribution is 7.07. The van der Waals surface area contributed by atoms with Crippen LogP contribution in [-0.4, -0.2) is 51.8 Å². The highest BCUT2D eigenvalue weighted by atomic mass is 35.5. The van der Waals surface area contributed by atoms with Crippen LogP contribution in [0.3, 0.4) is 0 Å². The second-order valence-corrected chi connectivity index (χ2v) is 10.6. The number of hydrogen-bond donors (Lipinski definition) is 1. The average molecular weight is 593 g/mol. The summed E-state index contributed by atoms with van der Waals surface area (Å²) >= 11 is 1.59. The van der Waals surface area contributed by atoms with Crippen molar-refractivity contribution < 1.29 is 45.5 Å². The van der Waals surface area contributed by atoms with E-state index in [4.69, 9.17) is 14.2 Å². The number of ether oxygens (including phenoxy) is 4. The second kappa shape index (κ2) is 28.0. The summed E-state index contributed by atoms with van der Waals surface area (Å²) in [7, 11) is 1.24. The fraction of sp³-hybridized carbons (Fsp3) is 0.828. The van der Waals surface area contributed by atoms with E-state index in [0.717, 1.165) is 12.8 Å². The van der Waals surface area contributed by atoms with E-state index in [1.165, 1.54) is 97.0 Å². The van der Waals surface area contributed by atoms with Gasteiger partial charge in [-0.3, -0.25) is 0 Å². The van der Waals surface area contributed by atoms with Crippen LogP contribution in [0, 0.1) is 0 Å². The Morgan fingerprint density at radius 1 is 0.846 bits per heavy atom. The number of aromatic nitrogens is 1. The summed E-state index contributed by atoms with van der Waals surface area (Å²) < 4.78 is 22.5. The number of methoxy groups -OCH3 is 1. The summed E-state index contributed by atoms with van der Waals surface area (Å²) in [5, 5.41) is 4.65. The van der Waals surface area contributed by atoms with Gasteiger partial charge in [-0.2, -0.15) is 4.57 Å². The van der Waals surface area contributed by atoms with E-state index in [-0.39, 0.29) is 25.6 Å². The van der Waals surface area contributed by atoms with Gasteiger partial charge >= 0.3 is 12.2 Å². The standard InChI is InChI=1S/C29H52N2O6S.ClH/c1-3-4-5-6-7-8-9-10-11-12-13-14-15-16-17-18-22-35-24-27(37-29(33)34-2)25-36-28(32)30-19-20-31-21-23-38-26-31;/h21,23,26-27H,3-20,22,24-25H2,1-2H3;1H/t27-;/m1./s1. The van der Waals surface area contributed by atoms with Gasteiger partial charge in [0.1, 0.15) is 6.61 Å². The quantitative estimate of drug-likeness (QED) is 0.104. The molecule has 0 radical (unpaired) electrons. The third-order valence-electron chi connectivity index (χ3n) is 6.44. The number of amides is 1. The van der Waals surface area contributed by atoms with E-state index in [0.29, 0.717) is 19.7 Å². The maximum Gasteiger partial charge on any atom is 0.508 e. The van der Waals surface area contributed by atoms with Crippen LogP contribution >= 0.6 is 11.3 Å². The molecule has 1 rings (SSSR count). The Morgan fingerprint density at radius 2 is 1.41 bits per heavy atom. The summed E-state index contributed by atoms with van der Waals surface area (Å²) in [5.74, 6) is 0. The molecule has 0 aliphatic rings. The zero-order chi connectivity index (χ0) is 27.5. The number of nitrogens with zero attached hydrogens (tertiary/aromatic N) is 1. The van der Waals surface area contributed by atoms with Crippen LogP contribution in [0.1, 0.15) is 110 Å². The van der Waals surface area contributed by atoms with Crippen LogP contribution in [-0.2, 0) is 25.5 Å². The van der Waals surface area contributed by atoms with E-state index >= 15 is 0 Å². The summed E-state index contributed by atoms with van der Waals surface area (Å²) in [4.78, 5) is 23.4. The zero-order valence-electron chi connectivity index (χ0n) is 24.3. The van der Waals surface area contributed by atoms with Gasteiger partial charge in [0.15, 0.2) is 18.8 Å². The Hall–Kier alpha value is -1.58. The van der Waals surface area contributed by atoms with Crippen LogP contribution < -0.4 is 22.3 Å². The summed E-state index contributed by atoms with van der Waals surface area (Å²) in [6.07, 6.45) is 21.1. The van der Waals surface area contributed by atoms with Crippen LogP contribution in [0.15, 0.2) is 17.1 Å². The Labute approximate surface area is 246 Å². The van der Waals surface area contributed by atoms with Crippen LogP contribution in [0.2, 0.25) is 0 Å². The molecule has 0 aromatic carbocycles. The SMILES string of the molecule is CCCCCCCCCCCCCCCCCCOC[C@H](COC(=O)NCC[n+]1ccsc1)OC(=O)OC.[Cl-]. The number of carbonyl (C=O) groups excluding carboxylic acids is 2. The number of halogens is 1. The monoisotopic (exact) mass is 592 g/mol. The van der Waals surface area contributed by atoms with Crippen LogP contribution in [0.5, 0.6) is 0 Å². The molecule has 1 aromatic heterocycles. The van der Waals surface area contributed by atoms with E-state index in [9.17, 15) is 9.59 Å². The van der Waals surface area contributed by atoms with Gasteiger partial charge in [-0.25, -0.2) is 9.59 Å². The molecular weight excluding hydrogens is 540 g/mol. The molecule has 0 fully saturated rings. The Balaban J connectivity index is 0.0000144. The van der Waals surface area contributed by atoms with Gasteiger partial charge in [0.05, 0.1) is 25.6 Å². The zero-order valence-corrected chi connectivity index (χ0v) is 25.9. The second-order valence-electron chi connectivity index (χ2n) is 9.86. The Bertz CT molecular complexity index is 681. The van der Waals surface area contributed by atoms with Gasteiger partial charge in [-0.1, -0.05) is 115 Å². The first kappa shape index (κ1) is 37.4. The fourth-order valence-corrected chi connectivity index (χ4v) is 4.79. The first-order valence-corrected chi connectivity index (χ1v) is 15.7. The number of rotatable bonds is 25. The van der Waals surface area contributed by atoms with E-state index in [1.54, 1.807) is 11.3 Å². The molecule has 1 atom stereocenters. The predicted molar refractivity (Wildman–Crippen MR) is 152 cm³/mol. The van der Waals surface area contributed by atoms with Crippen molar-refractivity contribution in [1.82, 2.24) is 5.32 Å². The first-order chi connectivity index (χ1) is 18.7. The number of carbonyl (C=O) groups is 2. The van der Waals surface area contributed by atoms with Gasteiger partial charge in [-0.15, -0.1) is 0 Å². The fourth-order valence-electron chi connectivity index (χ4n) is 4.16. The average Bonchev–Trinajstić information content (AvgIpc) is 3.44. The van der Waals surface area contributed by atoms with E-state index in [2.05, 4.69) is 17.0 Å². The molecule has 1 amide bonds. The number of thiazole rings is 1. The highest BCUT2D eigenvalue weighted by Gasteiger charge is 2.18. The lowest BCUT2D eigenvalue weighted by molar-refractivity contribution is -0.690. The topological polar surface area (TPSA) is 87.0 Å². The Morgan fingerprint density at radius 3 is 1.92 bits per heavy atom. The predicted octanol–water partition coefficient (Wildman–Crippen LogP) is 4.20. The summed E-state index contributed by atoms with van der Waals surface area (Å²) in [6.45, 7) is 4.02. The van der Waals surface area contributed by atoms with Crippen molar-refractivity contribution in [2.45, 2.75) is 122 Å². The number of unbranched alkanes of at least 4 members (excludes halogenated alkanes) is 15. The molecule has 10 heteroatoms. The lowest BCUT2D eigenvalue weighted by atomic mass is 10.0. The number of alkyl carbamates (subject to hydrolysis) is 1. The molecular formula is C29H53ClN2O6S. The molecule has 0 saturated carbocycles. The van der Waals surface area contributed by atoms with E-state index < -0.39 is 18.4 Å². The van der Waals surface area contributed by atoms with Crippen LogP contribution in [0.25, 0.3) is 0 Å². The largest absolute Gasteiger partial charge is 1.00 e. The van der Waals surface area contributed by atoms with Gasteiger partial charge in [0, 0.05) is 6.61 Å². The molecule has 0 spiro atoms. The van der Waals surface area contributed by atoms with Crippen LogP contribution in [0.4, 0.5) is 9.59 Å². The molecule has 0 aliphatic carbocycles. The summed E-state index contributed by atoms with van der Waals surface area (Å²) in [5.41, 5.74) is 1.96. The minimum absolute atomic E-state index is 0. The maximum absolute atomic E-state index is 11.9. The molecule has 0 unspecified atom stereocenters. The normalized spacial score (nSPS) is 11.4. The van der Waals surface area contributed by atoms with Crippen molar-refractivity contribution in [3.05, 3.63) is 17.1 Å². The molecule has 1 aromatic rings. The Kier molecular flexibility index (Phi) is 26.8. The lowest BCUT2D eigenvalue weighted by Crippen LogP contribution is -3.00. The van der Waals surface area contributed by atoms with Gasteiger partial charge in [-0.05, 0) is 6.42 Å². The van der Waals surface area contributed by atoms with Crippen molar-refractivity contribution in [1.29, 1.82) is 0 Å². The smallest absolute Gasteiger partial charge is 0.508 e. The minimum atomic E-state index is -0.820. The van der Waals surface area contributed by atoms with Gasteiger partial charge < -0.3 is 36.7 Å². The van der Waals surface area contributed by atoms with Crippen molar-refractivity contribution in [3.8, 4) is 0 Å². The number of nitrogens with one attached hydrogen (secondary N) is 1. The third-order valence-corrected chi connectivity index (χ3v) is 7.11. The highest BCUT2D eigenvalue weighted by Crippen LogP contribution is 2.13. The minimum Gasteiger partial charge on any atom is -1.00 e. The first-order valence-electron chi connectivity index (χ1n) is 14.8. The molecule has 0 aliphatic heterocycles. The van der Waals surface area contributed by atoms with Crippen molar-refractivity contribution in [3.63, 3.8) is 0 Å². The maximum atomic E-state index is 11.9. The lowest BCUT2D eigenvalue weighted by Gasteiger charge is -2.17. The van der Waals surface area contributed by atoms with E-state index in [1.807, 2.05) is 21.7 Å². The molecule has 0 bridgehead atoms. The molecule has 39 heavy (non-hydrogen) atoms. The molecule has 228 valence electrons.